The van der Waals surface area contributed by atoms with Crippen molar-refractivity contribution in [3.05, 3.63) is 0 Å². The summed E-state index contributed by atoms with van der Waals surface area (Å²) in [6.45, 7) is 10.8. The molecule has 0 spiro atoms. The number of unbranched alkanes of at least 4 members (excludes halogenated alkanes) is 1. The fraction of sp³-hybridized carbons (Fsp3) is 0.944. The maximum absolute atomic E-state index is 5.08. The van der Waals surface area contributed by atoms with Crippen molar-refractivity contribution < 1.29 is 4.74 Å². The van der Waals surface area contributed by atoms with Gasteiger partial charge in [-0.1, -0.05) is 0 Å². The van der Waals surface area contributed by atoms with E-state index in [1.807, 2.05) is 7.05 Å². The predicted molar refractivity (Wildman–Crippen MR) is 122 cm³/mol. The second kappa shape index (κ2) is 17.0. The first kappa shape index (κ1) is 25.8. The molecule has 1 fully saturated rings. The second-order valence-electron chi connectivity index (χ2n) is 6.93. The lowest BCUT2D eigenvalue weighted by Gasteiger charge is -2.32. The van der Waals surface area contributed by atoms with Gasteiger partial charge in [-0.3, -0.25) is 4.99 Å². The Labute approximate surface area is 177 Å². The Bertz CT molecular complexity index is 351. The van der Waals surface area contributed by atoms with Crippen LogP contribution >= 0.6 is 24.0 Å². The average Bonchev–Trinajstić information content (AvgIpc) is 2.61. The van der Waals surface area contributed by atoms with Gasteiger partial charge in [-0.2, -0.15) is 0 Å². The van der Waals surface area contributed by atoms with Crippen molar-refractivity contribution in [2.75, 3.05) is 93.8 Å². The van der Waals surface area contributed by atoms with E-state index >= 15 is 0 Å². The highest BCUT2D eigenvalue weighted by atomic mass is 127. The van der Waals surface area contributed by atoms with Crippen LogP contribution in [-0.4, -0.2) is 114 Å². The zero-order chi connectivity index (χ0) is 18.3. The zero-order valence-corrected chi connectivity index (χ0v) is 19.6. The molecule has 26 heavy (non-hydrogen) atoms. The van der Waals surface area contributed by atoms with Crippen LogP contribution in [0.5, 0.6) is 0 Å². The highest BCUT2D eigenvalue weighted by Crippen LogP contribution is 2.01. The number of halogens is 1. The van der Waals surface area contributed by atoms with Gasteiger partial charge in [0.1, 0.15) is 0 Å². The molecular weight excluding hydrogens is 443 g/mol. The van der Waals surface area contributed by atoms with Crippen LogP contribution in [0.1, 0.15) is 19.3 Å². The van der Waals surface area contributed by atoms with Crippen LogP contribution in [0.25, 0.3) is 0 Å². The van der Waals surface area contributed by atoms with Gasteiger partial charge in [-0.05, 0) is 39.9 Å². The van der Waals surface area contributed by atoms with Gasteiger partial charge >= 0.3 is 0 Å². The van der Waals surface area contributed by atoms with E-state index in [0.717, 1.165) is 45.2 Å². The number of guanidine groups is 1. The number of rotatable bonds is 12. The van der Waals surface area contributed by atoms with E-state index in [-0.39, 0.29) is 24.0 Å². The maximum Gasteiger partial charge on any atom is 0.191 e. The number of ether oxygens (including phenoxy) is 1. The van der Waals surface area contributed by atoms with Gasteiger partial charge in [0.05, 0.1) is 0 Å². The molecule has 0 atom stereocenters. The molecule has 0 radical (unpaired) electrons. The monoisotopic (exact) mass is 484 g/mol. The average molecular weight is 484 g/mol. The molecule has 0 aromatic carbocycles. The minimum Gasteiger partial charge on any atom is -0.385 e. The summed E-state index contributed by atoms with van der Waals surface area (Å²) in [5, 5.41) is 6.80. The molecule has 1 aliphatic rings. The van der Waals surface area contributed by atoms with E-state index in [0.29, 0.717) is 0 Å². The van der Waals surface area contributed by atoms with Crippen LogP contribution < -0.4 is 10.6 Å². The molecule has 0 amide bonds. The minimum absolute atomic E-state index is 0. The van der Waals surface area contributed by atoms with Crippen molar-refractivity contribution in [3.63, 3.8) is 0 Å². The van der Waals surface area contributed by atoms with Crippen molar-refractivity contribution in [2.24, 2.45) is 4.99 Å². The second-order valence-corrected chi connectivity index (χ2v) is 6.93. The molecule has 2 N–H and O–H groups in total. The standard InChI is InChI=1S/C18H40N6O.HI/c1-19-18(21-9-12-22(2)10-7-17-25-4)20-8-5-6-11-24-15-13-23(3)14-16-24;/h5-17H2,1-4H3,(H2,19,20,21);1H. The van der Waals surface area contributed by atoms with Crippen molar-refractivity contribution in [3.8, 4) is 0 Å². The highest BCUT2D eigenvalue weighted by molar-refractivity contribution is 14.0. The molecule has 1 rings (SSSR count). The Hall–Kier alpha value is -0.160. The van der Waals surface area contributed by atoms with E-state index in [1.165, 1.54) is 45.6 Å². The third-order valence-corrected chi connectivity index (χ3v) is 4.69. The van der Waals surface area contributed by atoms with Gasteiger partial charge < -0.3 is 30.1 Å². The van der Waals surface area contributed by atoms with E-state index in [1.54, 1.807) is 7.11 Å². The van der Waals surface area contributed by atoms with Crippen molar-refractivity contribution >= 4 is 29.9 Å². The third-order valence-electron chi connectivity index (χ3n) is 4.69. The number of piperazine rings is 1. The van der Waals surface area contributed by atoms with E-state index in [4.69, 9.17) is 4.74 Å². The smallest absolute Gasteiger partial charge is 0.191 e. The summed E-state index contributed by atoms with van der Waals surface area (Å²) >= 11 is 0. The molecule has 1 heterocycles. The first-order valence-corrected chi connectivity index (χ1v) is 9.68. The quantitative estimate of drug-likeness (QED) is 0.185. The summed E-state index contributed by atoms with van der Waals surface area (Å²) < 4.78 is 5.08. The lowest BCUT2D eigenvalue weighted by Crippen LogP contribution is -2.45. The summed E-state index contributed by atoms with van der Waals surface area (Å²) in [7, 11) is 7.94. The molecule has 0 unspecified atom stereocenters. The molecule has 8 heteroatoms. The largest absolute Gasteiger partial charge is 0.385 e. The summed E-state index contributed by atoms with van der Waals surface area (Å²) in [5.41, 5.74) is 0. The summed E-state index contributed by atoms with van der Waals surface area (Å²) in [6, 6.07) is 0. The lowest BCUT2D eigenvalue weighted by molar-refractivity contribution is 0.152. The molecule has 0 bridgehead atoms. The molecular formula is C18H41IN6O. The first-order valence-electron chi connectivity index (χ1n) is 9.68. The Morgan fingerprint density at radius 1 is 1.04 bits per heavy atom. The van der Waals surface area contributed by atoms with Crippen molar-refractivity contribution in [1.29, 1.82) is 0 Å². The van der Waals surface area contributed by atoms with Crippen LogP contribution in [0.15, 0.2) is 4.99 Å². The lowest BCUT2D eigenvalue weighted by atomic mass is 10.2. The SMILES string of the molecule is CN=C(NCCCCN1CCN(C)CC1)NCCN(C)CCCOC.I. The number of hydrogen-bond acceptors (Lipinski definition) is 5. The summed E-state index contributed by atoms with van der Waals surface area (Å²) in [4.78, 5) is 11.6. The molecule has 7 nitrogen and oxygen atoms in total. The Balaban J connectivity index is 0.00000625. The number of methoxy groups -OCH3 is 1. The van der Waals surface area contributed by atoms with Crippen LogP contribution in [-0.2, 0) is 4.74 Å². The molecule has 1 aliphatic heterocycles. The van der Waals surface area contributed by atoms with Gasteiger partial charge in [-0.15, -0.1) is 24.0 Å². The number of nitrogens with zero attached hydrogens (tertiary/aromatic N) is 4. The number of nitrogens with one attached hydrogen (secondary N) is 2. The van der Waals surface area contributed by atoms with Crippen molar-refractivity contribution in [1.82, 2.24) is 25.3 Å². The predicted octanol–water partition coefficient (Wildman–Crippen LogP) is 0.765. The van der Waals surface area contributed by atoms with Gasteiger partial charge in [-0.25, -0.2) is 0 Å². The minimum atomic E-state index is 0. The highest BCUT2D eigenvalue weighted by Gasteiger charge is 2.12. The molecule has 156 valence electrons. The van der Waals surface area contributed by atoms with Gasteiger partial charge in [0.15, 0.2) is 5.96 Å². The van der Waals surface area contributed by atoms with E-state index in [9.17, 15) is 0 Å². The van der Waals surface area contributed by atoms with E-state index in [2.05, 4.69) is 44.4 Å². The topological polar surface area (TPSA) is 55.4 Å². The number of likely N-dealkylation sites (N-methyl/N-ethyl adjacent to an activating group) is 2. The van der Waals surface area contributed by atoms with Crippen molar-refractivity contribution in [2.45, 2.75) is 19.3 Å². The van der Waals surface area contributed by atoms with Gasteiger partial charge in [0.2, 0.25) is 0 Å². The van der Waals surface area contributed by atoms with Crippen LogP contribution in [0, 0.1) is 0 Å². The first-order chi connectivity index (χ1) is 12.2. The molecule has 0 aliphatic carbocycles. The number of hydrogen-bond donors (Lipinski definition) is 2. The third kappa shape index (κ3) is 13.1. The van der Waals surface area contributed by atoms with Crippen LogP contribution in [0.3, 0.4) is 0 Å². The maximum atomic E-state index is 5.08. The molecule has 1 saturated heterocycles. The van der Waals surface area contributed by atoms with Crippen LogP contribution in [0.2, 0.25) is 0 Å². The summed E-state index contributed by atoms with van der Waals surface area (Å²) in [5.74, 6) is 0.907. The normalized spacial score (nSPS) is 16.6. The van der Waals surface area contributed by atoms with Gasteiger partial charge in [0, 0.05) is 73.1 Å². The molecule has 0 aromatic rings. The Morgan fingerprint density at radius 2 is 1.73 bits per heavy atom. The van der Waals surface area contributed by atoms with E-state index < -0.39 is 0 Å². The molecule has 0 aromatic heterocycles. The van der Waals surface area contributed by atoms with Gasteiger partial charge in [0.25, 0.3) is 0 Å². The Morgan fingerprint density at radius 3 is 2.38 bits per heavy atom. The fourth-order valence-corrected chi connectivity index (χ4v) is 2.92. The van der Waals surface area contributed by atoms with Crippen LogP contribution in [0.4, 0.5) is 0 Å². The Kier molecular flexibility index (Phi) is 16.9. The fourth-order valence-electron chi connectivity index (χ4n) is 2.92. The molecule has 0 saturated carbocycles. The number of aliphatic imine (C=N–C) groups is 1. The summed E-state index contributed by atoms with van der Waals surface area (Å²) in [6.07, 6.45) is 3.51. The zero-order valence-electron chi connectivity index (χ0n) is 17.3.